The van der Waals surface area contributed by atoms with Gasteiger partial charge in [0.05, 0.1) is 5.75 Å². The van der Waals surface area contributed by atoms with E-state index in [-0.39, 0.29) is 11.8 Å². The molecule has 0 spiro atoms. The quantitative estimate of drug-likeness (QED) is 0.819. The van der Waals surface area contributed by atoms with Crippen LogP contribution in [0.15, 0.2) is 11.5 Å². The third kappa shape index (κ3) is 3.59. The van der Waals surface area contributed by atoms with Gasteiger partial charge >= 0.3 is 0 Å². The predicted octanol–water partition coefficient (Wildman–Crippen LogP) is 1.86. The zero-order valence-electron chi connectivity index (χ0n) is 9.69. The summed E-state index contributed by atoms with van der Waals surface area (Å²) in [5.74, 6) is 1.11. The fraction of sp³-hybridized carbons (Fsp3) is 0.833. The van der Waals surface area contributed by atoms with Crippen LogP contribution in [-0.2, 0) is 9.84 Å². The Labute approximate surface area is 98.2 Å². The molecule has 1 N–H and O–H groups in total. The smallest absolute Gasteiger partial charge is 0.173 e. The van der Waals surface area contributed by atoms with Gasteiger partial charge in [-0.1, -0.05) is 38.2 Å². The van der Waals surface area contributed by atoms with Crippen LogP contribution >= 0.6 is 0 Å². The Balaban J connectivity index is 1.63. The van der Waals surface area contributed by atoms with Crippen LogP contribution in [0.5, 0.6) is 0 Å². The van der Waals surface area contributed by atoms with Crippen molar-refractivity contribution in [2.24, 2.45) is 5.92 Å². The lowest BCUT2D eigenvalue weighted by Crippen LogP contribution is -2.31. The molecule has 0 saturated heterocycles. The minimum Gasteiger partial charge on any atom is -0.310 e. The maximum atomic E-state index is 11.2. The van der Waals surface area contributed by atoms with Gasteiger partial charge < -0.3 is 5.32 Å². The highest BCUT2D eigenvalue weighted by Gasteiger charge is 2.21. The minimum atomic E-state index is -2.89. The van der Waals surface area contributed by atoms with Gasteiger partial charge in [-0.15, -0.1) is 0 Å². The van der Waals surface area contributed by atoms with Gasteiger partial charge in [0.25, 0.3) is 0 Å². The summed E-state index contributed by atoms with van der Waals surface area (Å²) in [7, 11) is -2.89. The molecule has 1 heterocycles. The summed E-state index contributed by atoms with van der Waals surface area (Å²) < 4.78 is 22.4. The molecule has 0 radical (unpaired) electrons. The zero-order valence-corrected chi connectivity index (χ0v) is 10.5. The van der Waals surface area contributed by atoms with E-state index in [9.17, 15) is 8.42 Å². The van der Waals surface area contributed by atoms with Crippen molar-refractivity contribution in [1.29, 1.82) is 0 Å². The maximum absolute atomic E-state index is 11.2. The van der Waals surface area contributed by atoms with Crippen molar-refractivity contribution in [3.8, 4) is 0 Å². The molecule has 3 nitrogen and oxygen atoms in total. The second-order valence-corrected chi connectivity index (χ2v) is 6.94. The highest BCUT2D eigenvalue weighted by molar-refractivity contribution is 7.94. The molecule has 2 rings (SSSR count). The first-order valence-corrected chi connectivity index (χ1v) is 8.02. The Bertz CT molecular complexity index is 342. The van der Waals surface area contributed by atoms with Gasteiger partial charge in [0.1, 0.15) is 0 Å². The molecule has 0 amide bonds. The van der Waals surface area contributed by atoms with E-state index < -0.39 is 9.84 Å². The van der Waals surface area contributed by atoms with Gasteiger partial charge in [-0.25, -0.2) is 8.42 Å². The highest BCUT2D eigenvalue weighted by atomic mass is 32.2. The van der Waals surface area contributed by atoms with Crippen molar-refractivity contribution in [1.82, 2.24) is 5.32 Å². The van der Waals surface area contributed by atoms with Crippen molar-refractivity contribution in [3.05, 3.63) is 11.5 Å². The summed E-state index contributed by atoms with van der Waals surface area (Å²) in [5, 5.41) is 4.66. The zero-order chi connectivity index (χ0) is 11.4. The van der Waals surface area contributed by atoms with E-state index in [1.165, 1.54) is 43.9 Å². The van der Waals surface area contributed by atoms with Gasteiger partial charge in [-0.05, 0) is 18.9 Å². The second kappa shape index (κ2) is 5.32. The molecule has 1 aliphatic carbocycles. The van der Waals surface area contributed by atoms with Gasteiger partial charge in [0.15, 0.2) is 9.84 Å². The number of sulfone groups is 1. The molecule has 16 heavy (non-hydrogen) atoms. The average Bonchev–Trinajstić information content (AvgIpc) is 2.60. The third-order valence-electron chi connectivity index (χ3n) is 3.61. The summed E-state index contributed by atoms with van der Waals surface area (Å²) >= 11 is 0. The van der Waals surface area contributed by atoms with Crippen molar-refractivity contribution >= 4 is 9.84 Å². The van der Waals surface area contributed by atoms with E-state index in [1.54, 1.807) is 6.08 Å². The third-order valence-corrected chi connectivity index (χ3v) is 5.01. The summed E-state index contributed by atoms with van der Waals surface area (Å²) in [4.78, 5) is 0. The molecule has 0 aromatic rings. The molecule has 1 saturated carbocycles. The Kier molecular flexibility index (Phi) is 4.03. The Morgan fingerprint density at radius 3 is 2.56 bits per heavy atom. The second-order valence-electron chi connectivity index (χ2n) is 5.01. The molecule has 2 aliphatic rings. The van der Waals surface area contributed by atoms with Gasteiger partial charge in [-0.3, -0.25) is 0 Å². The summed E-state index contributed by atoms with van der Waals surface area (Å²) in [5.41, 5.74) is 0. The van der Waals surface area contributed by atoms with E-state index in [1.807, 2.05) is 0 Å². The largest absolute Gasteiger partial charge is 0.310 e. The summed E-state index contributed by atoms with van der Waals surface area (Å²) in [6.07, 6.45) is 9.85. The molecule has 4 heteroatoms. The van der Waals surface area contributed by atoms with E-state index >= 15 is 0 Å². The van der Waals surface area contributed by atoms with Crippen LogP contribution in [0, 0.1) is 5.92 Å². The van der Waals surface area contributed by atoms with Crippen LogP contribution in [0.25, 0.3) is 0 Å². The first-order chi connectivity index (χ1) is 7.66. The van der Waals surface area contributed by atoms with E-state index in [0.717, 1.165) is 12.5 Å². The number of hydrogen-bond acceptors (Lipinski definition) is 3. The Morgan fingerprint density at radius 1 is 1.19 bits per heavy atom. The number of rotatable bonds is 4. The first kappa shape index (κ1) is 12.1. The molecule has 1 fully saturated rings. The van der Waals surface area contributed by atoms with Crippen molar-refractivity contribution in [2.75, 3.05) is 12.3 Å². The van der Waals surface area contributed by atoms with Gasteiger partial charge in [-0.2, -0.15) is 0 Å². The summed E-state index contributed by atoms with van der Waals surface area (Å²) in [6.45, 7) is 0.954. The fourth-order valence-electron chi connectivity index (χ4n) is 2.65. The van der Waals surface area contributed by atoms with Crippen LogP contribution in [0.3, 0.4) is 0 Å². The van der Waals surface area contributed by atoms with Crippen molar-refractivity contribution in [2.45, 2.75) is 44.6 Å². The van der Waals surface area contributed by atoms with Gasteiger partial charge in [0, 0.05) is 11.4 Å². The molecule has 0 bridgehead atoms. The van der Waals surface area contributed by atoms with E-state index in [2.05, 4.69) is 5.32 Å². The monoisotopic (exact) mass is 243 g/mol. The standard InChI is InChI=1S/C12H21NO2S/c14-16(15)9-7-12(10-16)13-8-6-11-4-2-1-3-5-11/h7,9,11-13H,1-6,8,10H2. The van der Waals surface area contributed by atoms with Crippen LogP contribution in [0.2, 0.25) is 0 Å². The van der Waals surface area contributed by atoms with Crippen molar-refractivity contribution in [3.63, 3.8) is 0 Å². The first-order valence-electron chi connectivity index (χ1n) is 6.30. The molecule has 0 aromatic heterocycles. The minimum absolute atomic E-state index is 0.0496. The van der Waals surface area contributed by atoms with Crippen LogP contribution < -0.4 is 5.32 Å². The highest BCUT2D eigenvalue weighted by Crippen LogP contribution is 2.25. The molecule has 0 aromatic carbocycles. The van der Waals surface area contributed by atoms with Crippen LogP contribution in [-0.4, -0.2) is 26.8 Å². The van der Waals surface area contributed by atoms with E-state index in [4.69, 9.17) is 0 Å². The SMILES string of the molecule is O=S1(=O)C=CC(NCCC2CCCCC2)C1. The van der Waals surface area contributed by atoms with E-state index in [0.29, 0.717) is 0 Å². The lowest BCUT2D eigenvalue weighted by Gasteiger charge is -2.22. The average molecular weight is 243 g/mol. The molecule has 1 aliphatic heterocycles. The molecule has 1 atom stereocenters. The Hall–Kier alpha value is -0.350. The number of hydrogen-bond donors (Lipinski definition) is 1. The molecule has 92 valence electrons. The normalized spacial score (nSPS) is 29.6. The number of nitrogens with one attached hydrogen (secondary N) is 1. The van der Waals surface area contributed by atoms with Gasteiger partial charge in [0.2, 0.25) is 0 Å². The fourth-order valence-corrected chi connectivity index (χ4v) is 3.92. The van der Waals surface area contributed by atoms with Crippen LogP contribution in [0.4, 0.5) is 0 Å². The molecular weight excluding hydrogens is 222 g/mol. The molecule has 1 unspecified atom stereocenters. The van der Waals surface area contributed by atoms with Crippen molar-refractivity contribution < 1.29 is 8.42 Å². The lowest BCUT2D eigenvalue weighted by atomic mass is 9.87. The maximum Gasteiger partial charge on any atom is 0.173 e. The Morgan fingerprint density at radius 2 is 1.94 bits per heavy atom. The lowest BCUT2D eigenvalue weighted by molar-refractivity contribution is 0.332. The molecular formula is C12H21NO2S. The predicted molar refractivity (Wildman–Crippen MR) is 65.9 cm³/mol. The topological polar surface area (TPSA) is 46.2 Å². The van der Waals surface area contributed by atoms with Crippen LogP contribution in [0.1, 0.15) is 38.5 Å². The summed E-state index contributed by atoms with van der Waals surface area (Å²) in [6, 6.07) is 0.0496.